The molecule has 3 heterocycles. The van der Waals surface area contributed by atoms with E-state index in [0.29, 0.717) is 29.1 Å². The zero-order valence-electron chi connectivity index (χ0n) is 30.5. The van der Waals surface area contributed by atoms with Gasteiger partial charge in [-0.1, -0.05) is 42.3 Å². The molecule has 5 rings (SSSR count). The van der Waals surface area contributed by atoms with Crippen LogP contribution in [0.2, 0.25) is 5.02 Å². The molecule has 2 saturated heterocycles. The quantitative estimate of drug-likeness (QED) is 0.220. The van der Waals surface area contributed by atoms with Crippen molar-refractivity contribution in [1.29, 1.82) is 0 Å². The van der Waals surface area contributed by atoms with Gasteiger partial charge < -0.3 is 39.6 Å². The zero-order valence-corrected chi connectivity index (χ0v) is 31.2. The Morgan fingerprint density at radius 2 is 1.90 bits per heavy atom. The highest BCUT2D eigenvalue weighted by atomic mass is 35.5. The van der Waals surface area contributed by atoms with E-state index in [-0.39, 0.29) is 24.3 Å². The van der Waals surface area contributed by atoms with E-state index in [1.54, 1.807) is 56.4 Å². The maximum Gasteiger partial charge on any atom is 0.409 e. The molecule has 4 bridgehead atoms. The second-order valence-electron chi connectivity index (χ2n) is 14.1. The van der Waals surface area contributed by atoms with Crippen LogP contribution in [0.15, 0.2) is 60.2 Å². The third kappa shape index (κ3) is 8.22. The average molecular weight is 739 g/mol. The van der Waals surface area contributed by atoms with E-state index in [1.807, 2.05) is 26.0 Å². The van der Waals surface area contributed by atoms with Crippen LogP contribution in [0.3, 0.4) is 0 Å². The van der Waals surface area contributed by atoms with Crippen molar-refractivity contribution >= 4 is 46.9 Å². The van der Waals surface area contributed by atoms with Crippen LogP contribution in [0.1, 0.15) is 62.9 Å². The van der Waals surface area contributed by atoms with E-state index >= 15 is 0 Å². The highest BCUT2D eigenvalue weighted by Gasteiger charge is 2.64. The zero-order chi connectivity index (χ0) is 38.1. The van der Waals surface area contributed by atoms with Crippen molar-refractivity contribution in [2.24, 2.45) is 5.92 Å². The number of carbonyl (C=O) groups is 4. The molecule has 0 aliphatic carbocycles. The Hall–Kier alpha value is -4.59. The minimum Gasteiger partial charge on any atom is -0.495 e. The number of carbonyl (C=O) groups excluding carboxylic acids is 4. The van der Waals surface area contributed by atoms with Crippen molar-refractivity contribution in [2.45, 2.75) is 89.1 Å². The summed E-state index contributed by atoms with van der Waals surface area (Å²) in [5, 5.41) is 14.2. The average Bonchev–Trinajstić information content (AvgIpc) is 3.80. The summed E-state index contributed by atoms with van der Waals surface area (Å²) in [6.07, 6.45) is 2.55. The topological polar surface area (TPSA) is 173 Å². The van der Waals surface area contributed by atoms with Gasteiger partial charge in [-0.05, 0) is 69.2 Å². The lowest BCUT2D eigenvalue weighted by Gasteiger charge is -2.39. The lowest BCUT2D eigenvalue weighted by molar-refractivity contribution is -0.158. The molecule has 2 fully saturated rings. The molecule has 0 aromatic heterocycles. The van der Waals surface area contributed by atoms with E-state index in [2.05, 4.69) is 5.32 Å². The number of anilines is 2. The second kappa shape index (κ2) is 15.2. The van der Waals surface area contributed by atoms with Crippen LogP contribution in [0, 0.1) is 5.92 Å². The predicted octanol–water partition coefficient (Wildman–Crippen LogP) is 4.79. The van der Waals surface area contributed by atoms with Crippen molar-refractivity contribution in [3.8, 4) is 5.75 Å². The number of likely N-dealkylation sites (N-methyl/N-ethyl adjacent to an activating group) is 1. The van der Waals surface area contributed by atoms with Crippen molar-refractivity contribution in [3.63, 3.8) is 0 Å². The van der Waals surface area contributed by atoms with Crippen molar-refractivity contribution < 1.29 is 43.2 Å². The summed E-state index contributed by atoms with van der Waals surface area (Å²) in [5.41, 5.74) is 6.01. The van der Waals surface area contributed by atoms with E-state index in [9.17, 15) is 24.3 Å². The number of alkyl carbamates (subject to hydrolysis) is 1. The molecule has 3 aliphatic rings. The Balaban J connectivity index is 1.49. The van der Waals surface area contributed by atoms with E-state index in [0.717, 1.165) is 11.1 Å². The molecule has 14 heteroatoms. The number of allylic oxidation sites excluding steroid dienone is 3. The summed E-state index contributed by atoms with van der Waals surface area (Å²) < 4.78 is 23.5. The van der Waals surface area contributed by atoms with E-state index in [1.165, 1.54) is 30.9 Å². The number of hydrogen-bond donors (Lipinski definition) is 3. The lowest BCUT2D eigenvalue weighted by Crippen LogP contribution is -2.57. The van der Waals surface area contributed by atoms with Gasteiger partial charge in [0.2, 0.25) is 5.91 Å². The van der Waals surface area contributed by atoms with Gasteiger partial charge in [-0.2, -0.15) is 0 Å². The Morgan fingerprint density at radius 1 is 1.21 bits per heavy atom. The third-order valence-corrected chi connectivity index (χ3v) is 10.6. The van der Waals surface area contributed by atoms with Gasteiger partial charge in [0, 0.05) is 44.1 Å². The maximum atomic E-state index is 14.1. The number of nitrogens with two attached hydrogens (primary N) is 1. The first-order valence-electron chi connectivity index (χ1n) is 17.1. The monoisotopic (exact) mass is 738 g/mol. The largest absolute Gasteiger partial charge is 0.495 e. The number of esters is 1. The highest BCUT2D eigenvalue weighted by molar-refractivity contribution is 6.35. The van der Waals surface area contributed by atoms with Gasteiger partial charge in [0.1, 0.15) is 40.3 Å². The summed E-state index contributed by atoms with van der Waals surface area (Å²) in [7, 11) is 4.55. The van der Waals surface area contributed by atoms with Crippen LogP contribution in [0.4, 0.5) is 16.2 Å². The van der Waals surface area contributed by atoms with E-state index in [4.69, 9.17) is 36.3 Å². The molecule has 2 aromatic rings. The standard InChI is InChI=1S/C38H47ClN4O9/c1-21-10-8-9-15-38(48)20-29(50-36(47)41-38)22(2)33-37(4,52-33)30(19-31(44)43(6)27-17-24(16-21)18-28(49-7)32(27)39)51-35(46)23(3)42(5)34(45)25-11-13-26(40)14-12-25/h8-14,17-18,22-23,29-30,33,48H,15-16,19-20,40H2,1-7H3,(H,41,47)/b9-8+,21-10+/t22-,23+,29+,30+,33+,37+,38-/m1/s1. The fourth-order valence-electron chi connectivity index (χ4n) is 6.74. The van der Waals surface area contributed by atoms with Gasteiger partial charge in [0.15, 0.2) is 0 Å². The van der Waals surface area contributed by atoms with Gasteiger partial charge >= 0.3 is 12.1 Å². The molecule has 0 unspecified atom stereocenters. The summed E-state index contributed by atoms with van der Waals surface area (Å²) >= 11 is 6.74. The van der Waals surface area contributed by atoms with Gasteiger partial charge in [0.05, 0.1) is 25.3 Å². The summed E-state index contributed by atoms with van der Waals surface area (Å²) in [4.78, 5) is 56.4. The van der Waals surface area contributed by atoms with Crippen molar-refractivity contribution in [2.75, 3.05) is 31.8 Å². The van der Waals surface area contributed by atoms with Crippen LogP contribution in [0.25, 0.3) is 0 Å². The normalized spacial score (nSPS) is 30.0. The van der Waals surface area contributed by atoms with Crippen LogP contribution in [-0.2, 0) is 30.2 Å². The number of rotatable bonds is 5. The van der Waals surface area contributed by atoms with Crippen LogP contribution >= 0.6 is 11.6 Å². The van der Waals surface area contributed by atoms with Crippen molar-refractivity contribution in [1.82, 2.24) is 10.2 Å². The number of aliphatic hydroxyl groups is 1. The van der Waals surface area contributed by atoms with Gasteiger partial charge in [-0.25, -0.2) is 9.59 Å². The maximum absolute atomic E-state index is 14.1. The van der Waals surface area contributed by atoms with Gasteiger partial charge in [-0.3, -0.25) is 14.9 Å². The number of nitrogens with one attached hydrogen (secondary N) is 1. The molecule has 7 atom stereocenters. The number of nitrogen functional groups attached to an aromatic ring is 1. The minimum absolute atomic E-state index is 0.0637. The fraction of sp³-hybridized carbons (Fsp3) is 0.474. The van der Waals surface area contributed by atoms with E-state index < -0.39 is 65.5 Å². The number of fused-ring (bicyclic) bond motifs is 5. The summed E-state index contributed by atoms with van der Waals surface area (Å²) in [5.74, 6) is -1.72. The second-order valence-corrected chi connectivity index (χ2v) is 14.5. The SMILES string of the molecule is COc1cc2cc(c1Cl)N(C)C(=O)C[C@H](OC(=O)[C@H](C)N(C)C(=O)c1ccc(N)cc1)[C@]1(C)O[C@H]1[C@H](C)[C@@H]1C[C@](O)(C/C=C/C=C(\C)C2)NC(=O)O1. The summed E-state index contributed by atoms with van der Waals surface area (Å²) in [6, 6.07) is 8.87. The first-order chi connectivity index (χ1) is 24.5. The molecular weight excluding hydrogens is 692 g/mol. The molecule has 0 saturated carbocycles. The highest BCUT2D eigenvalue weighted by Crippen LogP contribution is 2.49. The number of ether oxygens (including phenoxy) is 4. The number of nitrogens with zero attached hydrogens (tertiary/aromatic N) is 2. The molecule has 2 aromatic carbocycles. The number of benzene rings is 2. The predicted molar refractivity (Wildman–Crippen MR) is 195 cm³/mol. The molecule has 3 amide bonds. The molecule has 52 heavy (non-hydrogen) atoms. The molecule has 0 spiro atoms. The fourth-order valence-corrected chi connectivity index (χ4v) is 7.05. The van der Waals surface area contributed by atoms with Crippen molar-refractivity contribution in [3.05, 3.63) is 76.3 Å². The lowest BCUT2D eigenvalue weighted by atomic mass is 9.84. The first-order valence-corrected chi connectivity index (χ1v) is 17.5. The Morgan fingerprint density at radius 3 is 2.58 bits per heavy atom. The Kier molecular flexibility index (Phi) is 11.3. The molecule has 0 radical (unpaired) electrons. The number of halogens is 1. The molecule has 4 N–H and O–H groups in total. The molecule has 13 nitrogen and oxygen atoms in total. The number of epoxide rings is 1. The third-order valence-electron chi connectivity index (χ3n) is 10.2. The molecular formula is C38H47ClN4O9. The molecule has 3 aliphatic heterocycles. The number of hydrogen-bond acceptors (Lipinski definition) is 10. The summed E-state index contributed by atoms with van der Waals surface area (Å²) in [6.45, 7) is 7.01. The van der Waals surface area contributed by atoms with Gasteiger partial charge in [0.25, 0.3) is 5.91 Å². The smallest absolute Gasteiger partial charge is 0.409 e. The van der Waals surface area contributed by atoms with Crippen LogP contribution < -0.4 is 20.7 Å². The minimum atomic E-state index is -1.58. The molecule has 280 valence electrons. The number of amides is 3. The van der Waals surface area contributed by atoms with Crippen LogP contribution in [-0.4, -0.2) is 90.8 Å². The van der Waals surface area contributed by atoms with Gasteiger partial charge in [-0.15, -0.1) is 0 Å². The first kappa shape index (κ1) is 38.6. The van der Waals surface area contributed by atoms with Crippen LogP contribution in [0.5, 0.6) is 5.75 Å². The number of methoxy groups -OCH3 is 1. The Bertz CT molecular complexity index is 1780. The Labute approximate surface area is 308 Å².